The molecule has 0 aromatic carbocycles. The maximum absolute atomic E-state index is 13.5. The standard InChI is InChI=1S/C21H21N5O5S/c1-3-25-20-16(18(28)24(2)21(25)30)15(19(29)26-9-12(27)10-31-26)14(32-20)7-11-8-23-17-13(11)5-4-6-22-17/h4-6,8,12,27H,3,7,9-10H2,1-2H3,(H,22,23). The number of hydrogen-bond acceptors (Lipinski definition) is 7. The van der Waals surface area contributed by atoms with Crippen LogP contribution >= 0.6 is 11.3 Å². The van der Waals surface area contributed by atoms with E-state index in [1.54, 1.807) is 6.20 Å². The Morgan fingerprint density at radius 1 is 1.41 bits per heavy atom. The molecular formula is C21H21N5O5S. The number of aryl methyl sites for hydroxylation is 1. The largest absolute Gasteiger partial charge is 0.389 e. The third-order valence-corrected chi connectivity index (χ3v) is 6.90. The van der Waals surface area contributed by atoms with Gasteiger partial charge in [0.05, 0.1) is 17.5 Å². The van der Waals surface area contributed by atoms with Gasteiger partial charge < -0.3 is 10.1 Å². The lowest BCUT2D eigenvalue weighted by Gasteiger charge is -2.15. The van der Waals surface area contributed by atoms with Crippen LogP contribution in [0.5, 0.6) is 0 Å². The fourth-order valence-corrected chi connectivity index (χ4v) is 5.44. The van der Waals surface area contributed by atoms with Crippen molar-refractivity contribution in [1.29, 1.82) is 0 Å². The van der Waals surface area contributed by atoms with Crippen molar-refractivity contribution < 1.29 is 14.7 Å². The molecule has 32 heavy (non-hydrogen) atoms. The lowest BCUT2D eigenvalue weighted by molar-refractivity contribution is -0.0778. The number of rotatable bonds is 4. The Balaban J connectivity index is 1.76. The maximum Gasteiger partial charge on any atom is 0.331 e. The number of amides is 1. The Kier molecular flexibility index (Phi) is 4.96. The van der Waals surface area contributed by atoms with Crippen molar-refractivity contribution in [3.8, 4) is 0 Å². The molecule has 1 aliphatic heterocycles. The third kappa shape index (κ3) is 3.08. The SMILES string of the molecule is CCn1c(=O)n(C)c(=O)c2c(C(=O)N3CC(O)CO3)c(Cc3c[nH]c4ncccc34)sc21. The highest BCUT2D eigenvalue weighted by Crippen LogP contribution is 2.33. The minimum absolute atomic E-state index is 0.00887. The van der Waals surface area contributed by atoms with Crippen LogP contribution in [0.4, 0.5) is 0 Å². The van der Waals surface area contributed by atoms with E-state index >= 15 is 0 Å². The van der Waals surface area contributed by atoms with E-state index < -0.39 is 23.3 Å². The van der Waals surface area contributed by atoms with Crippen LogP contribution < -0.4 is 11.2 Å². The van der Waals surface area contributed by atoms with E-state index in [0.717, 1.165) is 26.2 Å². The Labute approximate surface area is 185 Å². The highest BCUT2D eigenvalue weighted by Gasteiger charge is 2.33. The summed E-state index contributed by atoms with van der Waals surface area (Å²) in [5, 5.41) is 12.0. The highest BCUT2D eigenvalue weighted by molar-refractivity contribution is 7.19. The van der Waals surface area contributed by atoms with Gasteiger partial charge in [-0.15, -0.1) is 11.3 Å². The molecule has 1 aliphatic rings. The predicted molar refractivity (Wildman–Crippen MR) is 119 cm³/mol. The van der Waals surface area contributed by atoms with E-state index in [1.165, 1.54) is 23.0 Å². The molecule has 5 rings (SSSR count). The van der Waals surface area contributed by atoms with Crippen LogP contribution in [0, 0.1) is 0 Å². The van der Waals surface area contributed by atoms with Gasteiger partial charge in [0.1, 0.15) is 23.2 Å². The fourth-order valence-electron chi connectivity index (χ4n) is 4.08. The van der Waals surface area contributed by atoms with Crippen molar-refractivity contribution in [2.24, 2.45) is 7.05 Å². The highest BCUT2D eigenvalue weighted by atomic mass is 32.1. The van der Waals surface area contributed by atoms with Crippen molar-refractivity contribution in [3.63, 3.8) is 0 Å². The number of hydrogen-bond donors (Lipinski definition) is 2. The second kappa shape index (κ2) is 7.69. The van der Waals surface area contributed by atoms with Gasteiger partial charge in [0, 0.05) is 42.7 Å². The molecule has 1 fully saturated rings. The van der Waals surface area contributed by atoms with Gasteiger partial charge in [-0.3, -0.25) is 23.6 Å². The normalized spacial score (nSPS) is 16.5. The molecule has 0 bridgehead atoms. The van der Waals surface area contributed by atoms with E-state index in [9.17, 15) is 19.5 Å². The summed E-state index contributed by atoms with van der Waals surface area (Å²) in [4.78, 5) is 53.2. The second-order valence-corrected chi connectivity index (χ2v) is 8.76. The Hall–Kier alpha value is -3.28. The quantitative estimate of drug-likeness (QED) is 0.473. The fraction of sp³-hybridized carbons (Fsp3) is 0.333. The lowest BCUT2D eigenvalue weighted by Crippen LogP contribution is -2.38. The van der Waals surface area contributed by atoms with Crippen LogP contribution in [-0.2, 0) is 24.9 Å². The molecule has 4 aromatic rings. The molecule has 2 N–H and O–H groups in total. The number of nitrogens with zero attached hydrogens (tertiary/aromatic N) is 4. The van der Waals surface area contributed by atoms with Crippen molar-refractivity contribution >= 4 is 38.5 Å². The number of hydroxylamine groups is 2. The van der Waals surface area contributed by atoms with Gasteiger partial charge in [-0.05, 0) is 24.6 Å². The van der Waals surface area contributed by atoms with Crippen molar-refractivity contribution in [2.75, 3.05) is 13.2 Å². The first-order valence-corrected chi connectivity index (χ1v) is 11.0. The molecular weight excluding hydrogens is 434 g/mol. The Bertz CT molecular complexity index is 1480. The van der Waals surface area contributed by atoms with Crippen LogP contribution in [0.3, 0.4) is 0 Å². The number of aliphatic hydroxyl groups is 1. The molecule has 1 amide bonds. The number of β-amino-alcohol motifs (C(OH)–C–C–N with tert-alkyl or cyclic N) is 1. The van der Waals surface area contributed by atoms with Gasteiger partial charge in [-0.25, -0.2) is 14.8 Å². The van der Waals surface area contributed by atoms with Crippen molar-refractivity contribution in [2.45, 2.75) is 26.0 Å². The summed E-state index contributed by atoms with van der Waals surface area (Å²) in [7, 11) is 1.41. The van der Waals surface area contributed by atoms with Crippen LogP contribution in [0.15, 0.2) is 34.1 Å². The zero-order valence-corrected chi connectivity index (χ0v) is 18.3. The minimum atomic E-state index is -0.788. The molecule has 1 unspecified atom stereocenters. The average Bonchev–Trinajstić information content (AvgIpc) is 3.50. The molecule has 0 spiro atoms. The molecule has 1 saturated heterocycles. The Morgan fingerprint density at radius 3 is 2.94 bits per heavy atom. The third-order valence-electron chi connectivity index (χ3n) is 5.69. The van der Waals surface area contributed by atoms with Gasteiger partial charge in [-0.1, -0.05) is 0 Å². The van der Waals surface area contributed by atoms with Crippen molar-refractivity contribution in [1.82, 2.24) is 24.2 Å². The Morgan fingerprint density at radius 2 is 2.22 bits per heavy atom. The van der Waals surface area contributed by atoms with Crippen LogP contribution in [0.25, 0.3) is 21.3 Å². The molecule has 4 aromatic heterocycles. The van der Waals surface area contributed by atoms with Crippen molar-refractivity contribution in [3.05, 3.63) is 61.4 Å². The monoisotopic (exact) mass is 455 g/mol. The number of carbonyl (C=O) groups excluding carboxylic acids is 1. The first-order chi connectivity index (χ1) is 15.4. The molecule has 166 valence electrons. The molecule has 0 radical (unpaired) electrons. The predicted octanol–water partition coefficient (Wildman–Crippen LogP) is 0.997. The number of nitrogens with one attached hydrogen (secondary N) is 1. The van der Waals surface area contributed by atoms with E-state index in [0.29, 0.717) is 22.7 Å². The smallest absolute Gasteiger partial charge is 0.331 e. The number of thiophene rings is 1. The number of pyridine rings is 1. The van der Waals surface area contributed by atoms with E-state index in [-0.39, 0.29) is 24.1 Å². The molecule has 0 saturated carbocycles. The van der Waals surface area contributed by atoms with Crippen LogP contribution in [-0.4, -0.2) is 54.4 Å². The zero-order chi connectivity index (χ0) is 22.6. The molecule has 5 heterocycles. The summed E-state index contributed by atoms with van der Waals surface area (Å²) in [6.45, 7) is 2.19. The number of aliphatic hydroxyl groups excluding tert-OH is 1. The van der Waals surface area contributed by atoms with Crippen LogP contribution in [0.2, 0.25) is 0 Å². The van der Waals surface area contributed by atoms with E-state index in [1.807, 2.05) is 25.3 Å². The molecule has 0 aliphatic carbocycles. The average molecular weight is 455 g/mol. The molecule has 1 atom stereocenters. The first kappa shape index (κ1) is 20.6. The first-order valence-electron chi connectivity index (χ1n) is 10.2. The minimum Gasteiger partial charge on any atom is -0.389 e. The van der Waals surface area contributed by atoms with Crippen LogP contribution in [0.1, 0.15) is 27.7 Å². The summed E-state index contributed by atoms with van der Waals surface area (Å²) in [6, 6.07) is 3.77. The number of carbonyl (C=O) groups is 1. The topological polar surface area (TPSA) is 122 Å². The number of aromatic amines is 1. The summed E-state index contributed by atoms with van der Waals surface area (Å²) >= 11 is 1.26. The number of fused-ring (bicyclic) bond motifs is 2. The summed E-state index contributed by atoms with van der Waals surface area (Å²) < 4.78 is 2.52. The van der Waals surface area contributed by atoms with Gasteiger partial charge >= 0.3 is 5.69 Å². The number of aromatic nitrogens is 4. The lowest BCUT2D eigenvalue weighted by atomic mass is 10.1. The van der Waals surface area contributed by atoms with E-state index in [4.69, 9.17) is 4.84 Å². The zero-order valence-electron chi connectivity index (χ0n) is 17.5. The summed E-state index contributed by atoms with van der Waals surface area (Å²) in [5.41, 5.74) is 0.893. The number of H-pyrrole nitrogens is 1. The molecule has 11 heteroatoms. The summed E-state index contributed by atoms with van der Waals surface area (Å²) in [5.74, 6) is -0.501. The van der Waals surface area contributed by atoms with Gasteiger partial charge in [0.2, 0.25) is 0 Å². The summed E-state index contributed by atoms with van der Waals surface area (Å²) in [6.07, 6.45) is 3.10. The second-order valence-electron chi connectivity index (χ2n) is 7.68. The van der Waals surface area contributed by atoms with Gasteiger partial charge in [0.15, 0.2) is 0 Å². The maximum atomic E-state index is 13.5. The van der Waals surface area contributed by atoms with E-state index in [2.05, 4.69) is 9.97 Å². The van der Waals surface area contributed by atoms with Gasteiger partial charge in [-0.2, -0.15) is 0 Å². The van der Waals surface area contributed by atoms with Gasteiger partial charge in [0.25, 0.3) is 11.5 Å². The molecule has 10 nitrogen and oxygen atoms in total.